The Hall–Kier alpha value is -2.15. The fourth-order valence-electron chi connectivity index (χ4n) is 2.84. The molecular formula is C17H23ClN2O5. The van der Waals surface area contributed by atoms with Crippen LogP contribution in [0.2, 0.25) is 0 Å². The molecule has 1 aliphatic heterocycles. The van der Waals surface area contributed by atoms with Crippen molar-refractivity contribution in [1.29, 1.82) is 0 Å². The normalized spacial score (nSPS) is 14.8. The molecule has 0 unspecified atom stereocenters. The largest absolute Gasteiger partial charge is 0.493 e. The summed E-state index contributed by atoms with van der Waals surface area (Å²) in [4.78, 5) is 25.9. The van der Waals surface area contributed by atoms with Crippen LogP contribution >= 0.6 is 11.6 Å². The predicted octanol–water partition coefficient (Wildman–Crippen LogP) is 1.67. The number of nitrogens with zero attached hydrogens (tertiary/aromatic N) is 1. The summed E-state index contributed by atoms with van der Waals surface area (Å²) in [6.07, 6.45) is 1.39. The number of halogens is 1. The van der Waals surface area contributed by atoms with E-state index in [4.69, 9.17) is 25.8 Å². The van der Waals surface area contributed by atoms with E-state index in [9.17, 15) is 9.59 Å². The van der Waals surface area contributed by atoms with Crippen molar-refractivity contribution in [2.75, 3.05) is 40.3 Å². The van der Waals surface area contributed by atoms with E-state index < -0.39 is 0 Å². The lowest BCUT2D eigenvalue weighted by Gasteiger charge is -2.32. The number of nitrogens with one attached hydrogen (secondary N) is 1. The summed E-state index contributed by atoms with van der Waals surface area (Å²) in [5.41, 5.74) is 0.425. The molecule has 1 aromatic carbocycles. The van der Waals surface area contributed by atoms with Gasteiger partial charge in [0.15, 0.2) is 11.5 Å². The minimum Gasteiger partial charge on any atom is -0.493 e. The van der Waals surface area contributed by atoms with Gasteiger partial charge in [-0.05, 0) is 25.0 Å². The zero-order chi connectivity index (χ0) is 18.4. The smallest absolute Gasteiger partial charge is 0.251 e. The van der Waals surface area contributed by atoms with Gasteiger partial charge >= 0.3 is 0 Å². The molecule has 0 atom stereocenters. The molecule has 0 radical (unpaired) electrons. The number of likely N-dealkylation sites (tertiary alicyclic amines) is 1. The highest BCUT2D eigenvalue weighted by atomic mass is 35.5. The number of benzene rings is 1. The molecule has 138 valence electrons. The molecule has 1 N–H and O–H groups in total. The molecule has 2 rings (SSSR count). The predicted molar refractivity (Wildman–Crippen MR) is 93.9 cm³/mol. The maximum atomic E-state index is 12.6. The van der Waals surface area contributed by atoms with Crippen LogP contribution in [-0.4, -0.2) is 63.1 Å². The van der Waals surface area contributed by atoms with E-state index >= 15 is 0 Å². The van der Waals surface area contributed by atoms with Crippen molar-refractivity contribution in [3.63, 3.8) is 0 Å². The van der Waals surface area contributed by atoms with Crippen molar-refractivity contribution in [1.82, 2.24) is 10.2 Å². The molecule has 2 amide bonds. The minimum atomic E-state index is -0.221. The van der Waals surface area contributed by atoms with Crippen LogP contribution in [0.5, 0.6) is 17.2 Å². The van der Waals surface area contributed by atoms with Gasteiger partial charge in [-0.15, -0.1) is 11.6 Å². The molecule has 1 aliphatic rings. The summed E-state index contributed by atoms with van der Waals surface area (Å²) >= 11 is 5.57. The number of carbonyl (C=O) groups is 2. The van der Waals surface area contributed by atoms with Gasteiger partial charge in [-0.25, -0.2) is 0 Å². The molecule has 1 aromatic rings. The van der Waals surface area contributed by atoms with Gasteiger partial charge < -0.3 is 24.4 Å². The Balaban J connectivity index is 2.05. The van der Waals surface area contributed by atoms with E-state index in [1.165, 1.54) is 21.3 Å². The van der Waals surface area contributed by atoms with Crippen molar-refractivity contribution in [3.05, 3.63) is 17.7 Å². The number of piperidine rings is 1. The summed E-state index contributed by atoms with van der Waals surface area (Å²) in [6, 6.07) is 3.23. The summed E-state index contributed by atoms with van der Waals surface area (Å²) < 4.78 is 15.8. The third-order valence-corrected chi connectivity index (χ3v) is 4.45. The van der Waals surface area contributed by atoms with Crippen molar-refractivity contribution >= 4 is 23.4 Å². The Labute approximate surface area is 152 Å². The first-order chi connectivity index (χ1) is 12.0. The zero-order valence-corrected chi connectivity index (χ0v) is 15.4. The van der Waals surface area contributed by atoms with Crippen LogP contribution in [-0.2, 0) is 4.79 Å². The summed E-state index contributed by atoms with van der Waals surface area (Å²) in [5.74, 6) is 0.985. The van der Waals surface area contributed by atoms with Crippen molar-refractivity contribution in [2.24, 2.45) is 0 Å². The maximum Gasteiger partial charge on any atom is 0.251 e. The Kier molecular flexibility index (Phi) is 6.75. The van der Waals surface area contributed by atoms with Crippen molar-refractivity contribution in [2.45, 2.75) is 18.9 Å². The van der Waals surface area contributed by atoms with E-state index in [0.717, 1.165) is 0 Å². The topological polar surface area (TPSA) is 77.1 Å². The fourth-order valence-corrected chi connectivity index (χ4v) is 3.01. The van der Waals surface area contributed by atoms with E-state index in [0.29, 0.717) is 48.7 Å². The Bertz CT molecular complexity index is 604. The number of carbonyl (C=O) groups excluding carboxylic acids is 2. The molecule has 7 nitrogen and oxygen atoms in total. The number of rotatable bonds is 6. The number of ether oxygens (including phenoxy) is 3. The molecule has 0 spiro atoms. The molecule has 0 bridgehead atoms. The Morgan fingerprint density at radius 3 is 2.12 bits per heavy atom. The third kappa shape index (κ3) is 4.48. The second kappa shape index (κ2) is 8.80. The first kappa shape index (κ1) is 19.2. The number of alkyl halides is 1. The van der Waals surface area contributed by atoms with Crippen LogP contribution in [0.3, 0.4) is 0 Å². The van der Waals surface area contributed by atoms with Gasteiger partial charge in [0.25, 0.3) is 5.91 Å². The minimum absolute atomic E-state index is 0.00552. The molecule has 0 aliphatic carbocycles. The maximum absolute atomic E-state index is 12.6. The molecule has 1 fully saturated rings. The van der Waals surface area contributed by atoms with Crippen LogP contribution < -0.4 is 19.5 Å². The Morgan fingerprint density at radius 2 is 1.68 bits per heavy atom. The lowest BCUT2D eigenvalue weighted by Crippen LogP contribution is -2.46. The van der Waals surface area contributed by atoms with Crippen molar-refractivity contribution in [3.8, 4) is 17.2 Å². The average Bonchev–Trinajstić information content (AvgIpc) is 2.66. The van der Waals surface area contributed by atoms with Crippen LogP contribution in [0.4, 0.5) is 0 Å². The van der Waals surface area contributed by atoms with E-state index in [2.05, 4.69) is 5.32 Å². The molecule has 0 saturated carbocycles. The first-order valence-corrected chi connectivity index (χ1v) is 8.52. The average molecular weight is 371 g/mol. The number of hydrogen-bond donors (Lipinski definition) is 1. The third-order valence-electron chi connectivity index (χ3n) is 4.22. The van der Waals surface area contributed by atoms with Gasteiger partial charge in [0.05, 0.1) is 21.3 Å². The van der Waals surface area contributed by atoms with Gasteiger partial charge in [-0.1, -0.05) is 0 Å². The van der Waals surface area contributed by atoms with Crippen LogP contribution in [0.1, 0.15) is 23.2 Å². The van der Waals surface area contributed by atoms with E-state index in [-0.39, 0.29) is 23.7 Å². The van der Waals surface area contributed by atoms with Gasteiger partial charge in [0, 0.05) is 24.7 Å². The first-order valence-electron chi connectivity index (χ1n) is 7.98. The molecular weight excluding hydrogens is 348 g/mol. The van der Waals surface area contributed by atoms with E-state index in [1.54, 1.807) is 17.0 Å². The molecule has 1 heterocycles. The summed E-state index contributed by atoms with van der Waals surface area (Å²) in [5, 5.41) is 2.99. The van der Waals surface area contributed by atoms with Gasteiger partial charge in [-0.2, -0.15) is 0 Å². The molecule has 1 saturated heterocycles. The van der Waals surface area contributed by atoms with Crippen LogP contribution in [0.15, 0.2) is 12.1 Å². The zero-order valence-electron chi connectivity index (χ0n) is 14.6. The second-order valence-corrected chi connectivity index (χ2v) is 5.94. The molecule has 25 heavy (non-hydrogen) atoms. The molecule has 8 heteroatoms. The highest BCUT2D eigenvalue weighted by Gasteiger charge is 2.24. The van der Waals surface area contributed by atoms with Gasteiger partial charge in [0.2, 0.25) is 11.7 Å². The fraction of sp³-hybridized carbons (Fsp3) is 0.529. The lowest BCUT2D eigenvalue weighted by molar-refractivity contribution is -0.129. The molecule has 0 aromatic heterocycles. The summed E-state index contributed by atoms with van der Waals surface area (Å²) in [7, 11) is 4.52. The number of amides is 2. The lowest BCUT2D eigenvalue weighted by atomic mass is 10.0. The standard InChI is InChI=1S/C17H23ClN2O5/c1-23-13-8-11(9-14(24-2)16(13)25-3)17(22)19-12-4-6-20(7-5-12)15(21)10-18/h8-9,12H,4-7,10H2,1-3H3,(H,19,22). The van der Waals surface area contributed by atoms with Crippen molar-refractivity contribution < 1.29 is 23.8 Å². The quantitative estimate of drug-likeness (QED) is 0.771. The Morgan fingerprint density at radius 1 is 1.12 bits per heavy atom. The highest BCUT2D eigenvalue weighted by molar-refractivity contribution is 6.27. The summed E-state index contributed by atoms with van der Waals surface area (Å²) in [6.45, 7) is 1.18. The monoisotopic (exact) mass is 370 g/mol. The van der Waals surface area contributed by atoms with Gasteiger partial charge in [-0.3, -0.25) is 9.59 Å². The van der Waals surface area contributed by atoms with Crippen LogP contribution in [0, 0.1) is 0 Å². The van der Waals surface area contributed by atoms with Gasteiger partial charge in [0.1, 0.15) is 5.88 Å². The second-order valence-electron chi connectivity index (χ2n) is 5.68. The van der Waals surface area contributed by atoms with E-state index in [1.807, 2.05) is 0 Å². The SMILES string of the molecule is COc1cc(C(=O)NC2CCN(C(=O)CCl)CC2)cc(OC)c1OC. The van der Waals surface area contributed by atoms with Crippen LogP contribution in [0.25, 0.3) is 0 Å². The highest BCUT2D eigenvalue weighted by Crippen LogP contribution is 2.38. The number of methoxy groups -OCH3 is 3. The number of hydrogen-bond acceptors (Lipinski definition) is 5.